The fourth-order valence-electron chi connectivity index (χ4n) is 3.98. The Labute approximate surface area is 174 Å². The van der Waals surface area contributed by atoms with E-state index < -0.39 is 6.10 Å². The summed E-state index contributed by atoms with van der Waals surface area (Å²) in [6, 6.07) is 20.0. The van der Waals surface area contributed by atoms with Gasteiger partial charge in [0.1, 0.15) is 24.2 Å². The minimum Gasteiger partial charge on any atom is -0.491 e. The van der Waals surface area contributed by atoms with Gasteiger partial charge in [-0.25, -0.2) is 4.98 Å². The summed E-state index contributed by atoms with van der Waals surface area (Å²) in [4.78, 5) is 6.46. The number of hydrogen-bond donors (Lipinski definition) is 1. The van der Waals surface area contributed by atoms with Gasteiger partial charge in [-0.15, -0.1) is 0 Å². The van der Waals surface area contributed by atoms with Crippen molar-refractivity contribution >= 4 is 11.1 Å². The molecule has 0 radical (unpaired) electrons. The summed E-state index contributed by atoms with van der Waals surface area (Å²) >= 11 is 0. The molecule has 1 aliphatic heterocycles. The van der Waals surface area contributed by atoms with Crippen LogP contribution in [0.4, 0.5) is 0 Å². The van der Waals surface area contributed by atoms with Crippen molar-refractivity contribution in [1.29, 1.82) is 0 Å². The van der Waals surface area contributed by atoms with Gasteiger partial charge in [0.15, 0.2) is 0 Å². The number of rotatable bonds is 6. The molecule has 3 heterocycles. The molecule has 1 N–H and O–H groups in total. The van der Waals surface area contributed by atoms with Crippen molar-refractivity contribution in [2.75, 3.05) is 19.7 Å². The van der Waals surface area contributed by atoms with E-state index in [9.17, 15) is 5.11 Å². The lowest BCUT2D eigenvalue weighted by atomic mass is 10.00. The minimum absolute atomic E-state index is 0.239. The first-order chi connectivity index (χ1) is 14.8. The van der Waals surface area contributed by atoms with Crippen LogP contribution in [0, 0.1) is 0 Å². The Morgan fingerprint density at radius 3 is 2.90 bits per heavy atom. The highest BCUT2D eigenvalue weighted by atomic mass is 16.5. The fourth-order valence-corrected chi connectivity index (χ4v) is 3.98. The van der Waals surface area contributed by atoms with Crippen LogP contribution in [0.3, 0.4) is 0 Å². The number of hydrogen-bond acceptors (Lipinski definition) is 6. The molecule has 0 spiro atoms. The molecule has 1 atom stereocenters. The summed E-state index contributed by atoms with van der Waals surface area (Å²) in [6.07, 6.45) is 2.14. The fraction of sp³-hybridized carbons (Fsp3) is 0.250. The van der Waals surface area contributed by atoms with Gasteiger partial charge in [0.25, 0.3) is 5.71 Å². The predicted octanol–water partition coefficient (Wildman–Crippen LogP) is 3.69. The van der Waals surface area contributed by atoms with Crippen molar-refractivity contribution in [1.82, 2.24) is 15.0 Å². The predicted molar refractivity (Wildman–Crippen MR) is 114 cm³/mol. The Kier molecular flexibility index (Phi) is 5.17. The van der Waals surface area contributed by atoms with Crippen molar-refractivity contribution in [2.45, 2.75) is 19.1 Å². The first-order valence-electron chi connectivity index (χ1n) is 10.2. The Balaban J connectivity index is 1.21. The Morgan fingerprint density at radius 1 is 1.07 bits per heavy atom. The quantitative estimate of drug-likeness (QED) is 0.531. The maximum Gasteiger partial charge on any atom is 0.258 e. The first kappa shape index (κ1) is 18.8. The second-order valence-electron chi connectivity index (χ2n) is 7.63. The van der Waals surface area contributed by atoms with E-state index in [1.54, 1.807) is 6.20 Å². The third-order valence-corrected chi connectivity index (χ3v) is 5.48. The molecule has 1 aliphatic rings. The summed E-state index contributed by atoms with van der Waals surface area (Å²) in [7, 11) is 0. The van der Waals surface area contributed by atoms with E-state index in [2.05, 4.69) is 39.3 Å². The highest BCUT2D eigenvalue weighted by Gasteiger charge is 2.19. The van der Waals surface area contributed by atoms with Gasteiger partial charge in [0.05, 0.1) is 5.39 Å². The van der Waals surface area contributed by atoms with E-state index in [-0.39, 0.29) is 6.61 Å². The highest BCUT2D eigenvalue weighted by Crippen LogP contribution is 2.29. The summed E-state index contributed by atoms with van der Waals surface area (Å²) in [5, 5.41) is 15.5. The molecule has 6 nitrogen and oxygen atoms in total. The van der Waals surface area contributed by atoms with Gasteiger partial charge in [-0.1, -0.05) is 41.6 Å². The van der Waals surface area contributed by atoms with Crippen molar-refractivity contribution in [3.8, 4) is 17.0 Å². The van der Waals surface area contributed by atoms with Gasteiger partial charge < -0.3 is 14.4 Å². The van der Waals surface area contributed by atoms with Crippen LogP contribution in [-0.4, -0.2) is 45.9 Å². The van der Waals surface area contributed by atoms with E-state index >= 15 is 0 Å². The van der Waals surface area contributed by atoms with Gasteiger partial charge in [-0.05, 0) is 41.8 Å². The molecule has 1 unspecified atom stereocenters. The van der Waals surface area contributed by atoms with Gasteiger partial charge in [0.2, 0.25) is 0 Å². The van der Waals surface area contributed by atoms with E-state index in [0.717, 1.165) is 36.2 Å². The first-order valence-corrected chi connectivity index (χ1v) is 10.2. The number of nitrogens with zero attached hydrogens (tertiary/aromatic N) is 3. The summed E-state index contributed by atoms with van der Waals surface area (Å²) in [5.74, 6) is 0.690. The smallest absolute Gasteiger partial charge is 0.258 e. The molecule has 0 saturated carbocycles. The van der Waals surface area contributed by atoms with Crippen LogP contribution >= 0.6 is 0 Å². The number of aromatic nitrogens is 2. The Bertz CT molecular complexity index is 1160. The van der Waals surface area contributed by atoms with Crippen LogP contribution in [0.5, 0.6) is 5.75 Å². The highest BCUT2D eigenvalue weighted by molar-refractivity contribution is 5.89. The lowest BCUT2D eigenvalue weighted by Gasteiger charge is -2.30. The average Bonchev–Trinajstić information content (AvgIpc) is 3.22. The van der Waals surface area contributed by atoms with Crippen LogP contribution in [0.25, 0.3) is 22.4 Å². The molecule has 2 aromatic heterocycles. The van der Waals surface area contributed by atoms with E-state index in [1.807, 2.05) is 36.4 Å². The normalized spacial score (nSPS) is 15.1. The molecule has 2 aromatic carbocycles. The van der Waals surface area contributed by atoms with Crippen LogP contribution in [0.1, 0.15) is 11.1 Å². The van der Waals surface area contributed by atoms with Crippen molar-refractivity contribution in [3.05, 3.63) is 78.0 Å². The van der Waals surface area contributed by atoms with E-state index in [4.69, 9.17) is 9.26 Å². The summed E-state index contributed by atoms with van der Waals surface area (Å²) in [6.45, 7) is 2.66. The van der Waals surface area contributed by atoms with Crippen LogP contribution in [0.2, 0.25) is 0 Å². The van der Waals surface area contributed by atoms with Crippen molar-refractivity contribution in [2.24, 2.45) is 0 Å². The number of β-amino-alcohol motifs (C(OH)–C–C–N with tert-alkyl or cyclic N) is 1. The molecule has 5 rings (SSSR count). The molecule has 4 aromatic rings. The van der Waals surface area contributed by atoms with Crippen LogP contribution in [-0.2, 0) is 13.0 Å². The minimum atomic E-state index is -0.559. The summed E-state index contributed by atoms with van der Waals surface area (Å²) < 4.78 is 11.2. The number of fused-ring (bicyclic) bond motifs is 2. The van der Waals surface area contributed by atoms with Crippen LogP contribution < -0.4 is 4.74 Å². The zero-order valence-corrected chi connectivity index (χ0v) is 16.6. The SMILES string of the molecule is OC(COc1cccc(-c2noc3ncccc23)c1)CN1CCc2ccccc2C1. The van der Waals surface area contributed by atoms with Crippen molar-refractivity contribution < 1.29 is 14.4 Å². The second kappa shape index (κ2) is 8.26. The lowest BCUT2D eigenvalue weighted by molar-refractivity contribution is 0.0638. The Hall–Kier alpha value is -3.22. The number of aliphatic hydroxyl groups excluding tert-OH is 1. The Morgan fingerprint density at radius 2 is 1.97 bits per heavy atom. The summed E-state index contributed by atoms with van der Waals surface area (Å²) in [5.41, 5.74) is 4.89. The van der Waals surface area contributed by atoms with Gasteiger partial charge in [-0.3, -0.25) is 4.90 Å². The number of pyridine rings is 1. The average molecular weight is 401 g/mol. The molecule has 30 heavy (non-hydrogen) atoms. The zero-order chi connectivity index (χ0) is 20.3. The molecular formula is C24H23N3O3. The topological polar surface area (TPSA) is 71.6 Å². The molecule has 0 bridgehead atoms. The van der Waals surface area contributed by atoms with Crippen molar-refractivity contribution in [3.63, 3.8) is 0 Å². The maximum absolute atomic E-state index is 10.5. The third-order valence-electron chi connectivity index (χ3n) is 5.48. The largest absolute Gasteiger partial charge is 0.491 e. The molecular weight excluding hydrogens is 378 g/mol. The molecule has 0 amide bonds. The lowest BCUT2D eigenvalue weighted by Crippen LogP contribution is -2.38. The molecule has 0 saturated heterocycles. The standard InChI is InChI=1S/C24H23N3O3/c28-20(15-27-12-10-17-5-1-2-6-19(17)14-27)16-29-21-8-3-7-18(13-21)23-22-9-4-11-25-24(22)30-26-23/h1-9,11,13,20,28H,10,12,14-16H2. The zero-order valence-electron chi connectivity index (χ0n) is 16.6. The molecule has 152 valence electrons. The number of ether oxygens (including phenoxy) is 1. The monoisotopic (exact) mass is 401 g/mol. The molecule has 0 fully saturated rings. The van der Waals surface area contributed by atoms with Gasteiger partial charge >= 0.3 is 0 Å². The van der Waals surface area contributed by atoms with E-state index in [0.29, 0.717) is 18.0 Å². The van der Waals surface area contributed by atoms with Gasteiger partial charge in [0, 0.05) is 31.4 Å². The molecule has 0 aliphatic carbocycles. The van der Waals surface area contributed by atoms with Crippen LogP contribution in [0.15, 0.2) is 71.4 Å². The number of aliphatic hydroxyl groups is 1. The van der Waals surface area contributed by atoms with E-state index in [1.165, 1.54) is 11.1 Å². The molecule has 6 heteroatoms. The second-order valence-corrected chi connectivity index (χ2v) is 7.63. The third kappa shape index (κ3) is 3.92. The number of benzene rings is 2. The van der Waals surface area contributed by atoms with Gasteiger partial charge in [-0.2, -0.15) is 0 Å². The maximum atomic E-state index is 10.5.